The Morgan fingerprint density at radius 3 is 2.69 bits per heavy atom. The molecule has 0 unspecified atom stereocenters. The number of ether oxygens (including phenoxy) is 1. The van der Waals surface area contributed by atoms with Gasteiger partial charge in [0.15, 0.2) is 0 Å². The van der Waals surface area contributed by atoms with E-state index in [1.807, 2.05) is 49.4 Å². The largest absolute Gasteiger partial charge is 0.489 e. The van der Waals surface area contributed by atoms with E-state index in [1.165, 1.54) is 5.56 Å². The van der Waals surface area contributed by atoms with E-state index in [-0.39, 0.29) is 0 Å². The van der Waals surface area contributed by atoms with E-state index < -0.39 is 0 Å². The van der Waals surface area contributed by atoms with Crippen LogP contribution in [0.25, 0.3) is 0 Å². The Balaban J connectivity index is 2.46. The maximum atomic E-state index is 5.63. The molecule has 84 valence electrons. The Bertz CT molecular complexity index is 360. The Kier molecular flexibility index (Phi) is 5.79. The van der Waals surface area contributed by atoms with Crippen molar-refractivity contribution in [3.8, 4) is 0 Å². The number of benzene rings is 1. The molecule has 0 aliphatic heterocycles. The zero-order chi connectivity index (χ0) is 11.6. The van der Waals surface area contributed by atoms with Crippen molar-refractivity contribution in [2.75, 3.05) is 0 Å². The minimum atomic E-state index is 0.592. The van der Waals surface area contributed by atoms with Gasteiger partial charge in [0.1, 0.15) is 12.4 Å². The molecule has 0 spiro atoms. The SMILES string of the molecule is C=C/C(=C\C/C=C\C)OCc1ccccc1. The van der Waals surface area contributed by atoms with Crippen molar-refractivity contribution in [2.45, 2.75) is 20.0 Å². The summed E-state index contributed by atoms with van der Waals surface area (Å²) in [5.41, 5.74) is 1.17. The quantitative estimate of drug-likeness (QED) is 0.391. The van der Waals surface area contributed by atoms with Gasteiger partial charge in [0.05, 0.1) is 0 Å². The van der Waals surface area contributed by atoms with Crippen molar-refractivity contribution in [1.29, 1.82) is 0 Å². The summed E-state index contributed by atoms with van der Waals surface area (Å²) in [6.45, 7) is 6.33. The molecule has 0 bridgehead atoms. The lowest BCUT2D eigenvalue weighted by Gasteiger charge is -2.06. The van der Waals surface area contributed by atoms with Crippen LogP contribution >= 0.6 is 0 Å². The van der Waals surface area contributed by atoms with Gasteiger partial charge in [0.25, 0.3) is 0 Å². The first-order valence-electron chi connectivity index (χ1n) is 5.47. The predicted octanol–water partition coefficient (Wildman–Crippen LogP) is 4.24. The van der Waals surface area contributed by atoms with Gasteiger partial charge >= 0.3 is 0 Å². The second kappa shape index (κ2) is 7.52. The molecule has 0 fully saturated rings. The lowest BCUT2D eigenvalue weighted by atomic mass is 10.2. The van der Waals surface area contributed by atoms with Gasteiger partial charge in [-0.15, -0.1) is 0 Å². The summed E-state index contributed by atoms with van der Waals surface area (Å²) in [7, 11) is 0. The molecular formula is C15H18O. The predicted molar refractivity (Wildman–Crippen MR) is 68.9 cm³/mol. The average Bonchev–Trinajstić information content (AvgIpc) is 2.35. The second-order valence-electron chi connectivity index (χ2n) is 3.39. The van der Waals surface area contributed by atoms with Crippen LogP contribution in [0.1, 0.15) is 18.9 Å². The van der Waals surface area contributed by atoms with Crippen molar-refractivity contribution in [2.24, 2.45) is 0 Å². The summed E-state index contributed by atoms with van der Waals surface area (Å²) < 4.78 is 5.63. The Hall–Kier alpha value is -1.76. The monoisotopic (exact) mass is 214 g/mol. The van der Waals surface area contributed by atoms with Gasteiger partial charge in [0, 0.05) is 0 Å². The highest BCUT2D eigenvalue weighted by Crippen LogP contribution is 2.07. The van der Waals surface area contributed by atoms with Crippen LogP contribution in [0.5, 0.6) is 0 Å². The third-order valence-corrected chi connectivity index (χ3v) is 2.14. The van der Waals surface area contributed by atoms with Gasteiger partial charge in [-0.05, 0) is 31.1 Å². The number of hydrogen-bond donors (Lipinski definition) is 0. The standard InChI is InChI=1S/C15H18O/c1-3-5-7-12-15(4-2)16-13-14-10-8-6-9-11-14/h3-6,8-12H,2,7,13H2,1H3/b5-3-,15-12+. The van der Waals surface area contributed by atoms with E-state index in [9.17, 15) is 0 Å². The third kappa shape index (κ3) is 4.65. The molecule has 0 aliphatic carbocycles. The van der Waals surface area contributed by atoms with Crippen molar-refractivity contribution in [3.05, 3.63) is 72.5 Å². The molecule has 16 heavy (non-hydrogen) atoms. The molecule has 1 heteroatoms. The summed E-state index contributed by atoms with van der Waals surface area (Å²) in [6, 6.07) is 10.1. The van der Waals surface area contributed by atoms with Gasteiger partial charge < -0.3 is 4.74 Å². The summed E-state index contributed by atoms with van der Waals surface area (Å²) in [4.78, 5) is 0. The lowest BCUT2D eigenvalue weighted by molar-refractivity contribution is 0.210. The fraction of sp³-hybridized carbons (Fsp3) is 0.200. The molecule has 0 saturated heterocycles. The molecule has 0 saturated carbocycles. The van der Waals surface area contributed by atoms with Crippen molar-refractivity contribution >= 4 is 0 Å². The number of allylic oxidation sites excluding steroid dienone is 4. The second-order valence-corrected chi connectivity index (χ2v) is 3.39. The van der Waals surface area contributed by atoms with E-state index in [0.717, 1.165) is 12.2 Å². The Labute approximate surface area is 97.8 Å². The van der Waals surface area contributed by atoms with Crippen molar-refractivity contribution in [3.63, 3.8) is 0 Å². The topological polar surface area (TPSA) is 9.23 Å². The van der Waals surface area contributed by atoms with Crippen molar-refractivity contribution in [1.82, 2.24) is 0 Å². The smallest absolute Gasteiger partial charge is 0.115 e. The van der Waals surface area contributed by atoms with Crippen LogP contribution in [0.4, 0.5) is 0 Å². The molecule has 1 rings (SSSR count). The molecule has 0 atom stereocenters. The molecule has 0 amide bonds. The fourth-order valence-corrected chi connectivity index (χ4v) is 1.26. The first-order chi connectivity index (χ1) is 7.86. The van der Waals surface area contributed by atoms with Crippen LogP contribution in [-0.2, 0) is 11.3 Å². The molecule has 0 radical (unpaired) electrons. The van der Waals surface area contributed by atoms with E-state index in [1.54, 1.807) is 6.08 Å². The highest BCUT2D eigenvalue weighted by atomic mass is 16.5. The van der Waals surface area contributed by atoms with Gasteiger partial charge in [-0.3, -0.25) is 0 Å². The Morgan fingerprint density at radius 1 is 1.31 bits per heavy atom. The first kappa shape index (κ1) is 12.3. The van der Waals surface area contributed by atoms with Crippen LogP contribution in [0.15, 0.2) is 67.0 Å². The Morgan fingerprint density at radius 2 is 2.06 bits per heavy atom. The average molecular weight is 214 g/mol. The number of rotatable bonds is 6. The van der Waals surface area contributed by atoms with Gasteiger partial charge in [-0.25, -0.2) is 0 Å². The lowest BCUT2D eigenvalue weighted by Crippen LogP contribution is -1.91. The van der Waals surface area contributed by atoms with Crippen LogP contribution in [0.3, 0.4) is 0 Å². The maximum absolute atomic E-state index is 5.63. The minimum absolute atomic E-state index is 0.592. The molecular weight excluding hydrogens is 196 g/mol. The fourth-order valence-electron chi connectivity index (χ4n) is 1.26. The van der Waals surface area contributed by atoms with E-state index >= 15 is 0 Å². The number of hydrogen-bond acceptors (Lipinski definition) is 1. The van der Waals surface area contributed by atoms with Gasteiger partial charge in [0.2, 0.25) is 0 Å². The van der Waals surface area contributed by atoms with Crippen LogP contribution < -0.4 is 0 Å². The normalized spacial score (nSPS) is 11.7. The molecule has 0 heterocycles. The molecule has 1 aromatic carbocycles. The molecule has 0 N–H and O–H groups in total. The first-order valence-corrected chi connectivity index (χ1v) is 5.47. The highest BCUT2D eigenvalue weighted by Gasteiger charge is 1.93. The maximum Gasteiger partial charge on any atom is 0.115 e. The molecule has 0 aromatic heterocycles. The zero-order valence-corrected chi connectivity index (χ0v) is 9.73. The van der Waals surface area contributed by atoms with Crippen LogP contribution in [-0.4, -0.2) is 0 Å². The van der Waals surface area contributed by atoms with E-state index in [2.05, 4.69) is 12.7 Å². The van der Waals surface area contributed by atoms with Crippen LogP contribution in [0, 0.1) is 0 Å². The summed E-state index contributed by atoms with van der Waals surface area (Å²) in [5, 5.41) is 0. The summed E-state index contributed by atoms with van der Waals surface area (Å²) >= 11 is 0. The van der Waals surface area contributed by atoms with Crippen LogP contribution in [0.2, 0.25) is 0 Å². The molecule has 1 aromatic rings. The molecule has 1 nitrogen and oxygen atoms in total. The zero-order valence-electron chi connectivity index (χ0n) is 9.73. The summed E-state index contributed by atoms with van der Waals surface area (Å²) in [5.74, 6) is 0.835. The van der Waals surface area contributed by atoms with E-state index in [0.29, 0.717) is 6.61 Å². The van der Waals surface area contributed by atoms with Gasteiger partial charge in [-0.2, -0.15) is 0 Å². The highest BCUT2D eigenvalue weighted by molar-refractivity contribution is 5.15. The molecule has 0 aliphatic rings. The third-order valence-electron chi connectivity index (χ3n) is 2.14. The minimum Gasteiger partial charge on any atom is -0.489 e. The van der Waals surface area contributed by atoms with Gasteiger partial charge in [-0.1, -0.05) is 49.1 Å². The van der Waals surface area contributed by atoms with E-state index in [4.69, 9.17) is 4.74 Å². The van der Waals surface area contributed by atoms with Crippen molar-refractivity contribution < 1.29 is 4.74 Å². The summed E-state index contributed by atoms with van der Waals surface area (Å²) in [6.07, 6.45) is 8.75.